The lowest BCUT2D eigenvalue weighted by atomic mass is 10.0. The number of rotatable bonds is 5. The smallest absolute Gasteiger partial charge is 0.253 e. The van der Waals surface area contributed by atoms with Crippen LogP contribution < -0.4 is 0 Å². The predicted octanol–water partition coefficient (Wildman–Crippen LogP) is 2.58. The summed E-state index contributed by atoms with van der Waals surface area (Å²) < 4.78 is 0. The molecule has 0 bridgehead atoms. The summed E-state index contributed by atoms with van der Waals surface area (Å²) in [6.07, 6.45) is 4.98. The number of hydrogen-bond acceptors (Lipinski definition) is 4. The van der Waals surface area contributed by atoms with E-state index < -0.39 is 0 Å². The summed E-state index contributed by atoms with van der Waals surface area (Å²) in [7, 11) is 1.80. The van der Waals surface area contributed by atoms with Gasteiger partial charge in [-0.2, -0.15) is 5.10 Å². The topological polar surface area (TPSA) is 82.1 Å². The Morgan fingerprint density at radius 1 is 1.24 bits per heavy atom. The van der Waals surface area contributed by atoms with Crippen LogP contribution in [0.15, 0.2) is 24.3 Å². The second-order valence-electron chi connectivity index (χ2n) is 7.34. The number of H-pyrrole nitrogens is 1. The molecule has 25 heavy (non-hydrogen) atoms. The van der Waals surface area contributed by atoms with Crippen molar-refractivity contribution in [3.63, 3.8) is 0 Å². The Kier molecular flexibility index (Phi) is 4.29. The van der Waals surface area contributed by atoms with E-state index in [1.165, 1.54) is 12.8 Å². The van der Waals surface area contributed by atoms with Gasteiger partial charge >= 0.3 is 0 Å². The zero-order valence-electron chi connectivity index (χ0n) is 14.5. The van der Waals surface area contributed by atoms with Crippen molar-refractivity contribution in [1.82, 2.24) is 20.1 Å². The lowest BCUT2D eigenvalue weighted by Gasteiger charge is -2.23. The number of nitrogens with one attached hydrogen (secondary N) is 1. The van der Waals surface area contributed by atoms with Gasteiger partial charge in [0.05, 0.1) is 6.10 Å². The Bertz CT molecular complexity index is 751. The molecule has 1 heterocycles. The molecule has 0 spiro atoms. The number of amides is 1. The van der Waals surface area contributed by atoms with E-state index in [1.807, 2.05) is 24.3 Å². The highest BCUT2D eigenvalue weighted by Crippen LogP contribution is 2.38. The first-order valence-corrected chi connectivity index (χ1v) is 9.08. The third kappa shape index (κ3) is 3.44. The highest BCUT2D eigenvalue weighted by molar-refractivity contribution is 5.94. The van der Waals surface area contributed by atoms with Crippen LogP contribution in [-0.2, 0) is 0 Å². The molecule has 6 nitrogen and oxygen atoms in total. The van der Waals surface area contributed by atoms with Crippen molar-refractivity contribution in [1.29, 1.82) is 0 Å². The zero-order valence-corrected chi connectivity index (χ0v) is 14.5. The maximum atomic E-state index is 12.6. The molecule has 1 aromatic heterocycles. The molecule has 132 valence electrons. The van der Waals surface area contributed by atoms with E-state index >= 15 is 0 Å². The van der Waals surface area contributed by atoms with Crippen LogP contribution in [0.5, 0.6) is 0 Å². The first-order chi connectivity index (χ1) is 12.1. The second-order valence-corrected chi connectivity index (χ2v) is 7.34. The molecular weight excluding hydrogens is 316 g/mol. The van der Waals surface area contributed by atoms with Crippen LogP contribution in [0.3, 0.4) is 0 Å². The van der Waals surface area contributed by atoms with E-state index in [4.69, 9.17) is 0 Å². The average molecular weight is 340 g/mol. The lowest BCUT2D eigenvalue weighted by molar-refractivity contribution is 0.0693. The first-order valence-electron chi connectivity index (χ1n) is 9.08. The molecule has 1 amide bonds. The van der Waals surface area contributed by atoms with E-state index in [-0.39, 0.29) is 17.9 Å². The number of nitrogens with zero attached hydrogens (tertiary/aromatic N) is 3. The maximum absolute atomic E-state index is 12.6. The van der Waals surface area contributed by atoms with Crippen LogP contribution >= 0.6 is 0 Å². The number of aliphatic hydroxyl groups excluding tert-OH is 1. The SMILES string of the molecule is CN(CC1CCCC1O)C(=O)c1ccc(-c2n[nH]c(C3CC3)n2)cc1. The van der Waals surface area contributed by atoms with Gasteiger partial charge in [-0.3, -0.25) is 9.89 Å². The number of aromatic nitrogens is 3. The molecule has 2 aromatic rings. The quantitative estimate of drug-likeness (QED) is 0.876. The van der Waals surface area contributed by atoms with Crippen molar-refractivity contribution in [3.05, 3.63) is 35.7 Å². The molecule has 0 aliphatic heterocycles. The number of carbonyl (C=O) groups excluding carboxylic acids is 1. The Morgan fingerprint density at radius 2 is 2.00 bits per heavy atom. The monoisotopic (exact) mass is 340 g/mol. The molecule has 0 radical (unpaired) electrons. The molecule has 2 unspecified atom stereocenters. The third-order valence-corrected chi connectivity index (χ3v) is 5.33. The Balaban J connectivity index is 1.42. The lowest BCUT2D eigenvalue weighted by Crippen LogP contribution is -2.34. The maximum Gasteiger partial charge on any atom is 0.253 e. The molecule has 2 aliphatic rings. The van der Waals surface area contributed by atoms with Crippen LogP contribution in [-0.4, -0.2) is 50.8 Å². The first kappa shape index (κ1) is 16.3. The zero-order chi connectivity index (χ0) is 17.4. The largest absolute Gasteiger partial charge is 0.393 e. The standard InChI is InChI=1S/C19H24N4O2/c1-23(11-15-3-2-4-16(15)24)19(25)14-9-7-13(8-10-14)18-20-17(21-22-18)12-5-6-12/h7-10,12,15-16,24H,2-6,11H2,1H3,(H,20,21,22). The van der Waals surface area contributed by atoms with Gasteiger partial charge in [0.1, 0.15) is 5.82 Å². The Morgan fingerprint density at radius 3 is 2.64 bits per heavy atom. The molecule has 2 N–H and O–H groups in total. The molecule has 6 heteroatoms. The minimum absolute atomic E-state index is 0.0145. The van der Waals surface area contributed by atoms with Crippen LogP contribution in [0.25, 0.3) is 11.4 Å². The second kappa shape index (κ2) is 6.59. The van der Waals surface area contributed by atoms with Gasteiger partial charge in [-0.15, -0.1) is 0 Å². The predicted molar refractivity (Wildman–Crippen MR) is 94.1 cm³/mol. The fourth-order valence-corrected chi connectivity index (χ4v) is 3.59. The highest BCUT2D eigenvalue weighted by atomic mass is 16.3. The van der Waals surface area contributed by atoms with Gasteiger partial charge in [-0.05, 0) is 37.8 Å². The summed E-state index contributed by atoms with van der Waals surface area (Å²) in [5.41, 5.74) is 1.56. The van der Waals surface area contributed by atoms with Crippen LogP contribution in [0, 0.1) is 5.92 Å². The number of carbonyl (C=O) groups is 1. The van der Waals surface area contributed by atoms with Gasteiger partial charge in [0.25, 0.3) is 5.91 Å². The van der Waals surface area contributed by atoms with Crippen LogP contribution in [0.2, 0.25) is 0 Å². The van der Waals surface area contributed by atoms with Crippen molar-refractivity contribution in [2.24, 2.45) is 5.92 Å². The Labute approximate surface area is 147 Å². The summed E-state index contributed by atoms with van der Waals surface area (Å²) >= 11 is 0. The molecule has 4 rings (SSSR count). The van der Waals surface area contributed by atoms with Crippen molar-refractivity contribution in [3.8, 4) is 11.4 Å². The van der Waals surface area contributed by atoms with Crippen molar-refractivity contribution in [2.75, 3.05) is 13.6 Å². The molecule has 2 fully saturated rings. The van der Waals surface area contributed by atoms with Gasteiger partial charge in [0.15, 0.2) is 5.82 Å². The summed E-state index contributed by atoms with van der Waals surface area (Å²) in [4.78, 5) is 18.8. The van der Waals surface area contributed by atoms with Crippen molar-refractivity contribution in [2.45, 2.75) is 44.1 Å². The number of aliphatic hydroxyl groups is 1. The fraction of sp³-hybridized carbons (Fsp3) is 0.526. The number of aromatic amines is 1. The third-order valence-electron chi connectivity index (χ3n) is 5.33. The number of hydrogen-bond donors (Lipinski definition) is 2. The van der Waals surface area contributed by atoms with E-state index in [2.05, 4.69) is 15.2 Å². The van der Waals surface area contributed by atoms with Crippen molar-refractivity contribution < 1.29 is 9.90 Å². The van der Waals surface area contributed by atoms with E-state index in [9.17, 15) is 9.90 Å². The van der Waals surface area contributed by atoms with Gasteiger partial charge in [-0.25, -0.2) is 4.98 Å². The number of benzene rings is 1. The highest BCUT2D eigenvalue weighted by Gasteiger charge is 2.28. The summed E-state index contributed by atoms with van der Waals surface area (Å²) in [5.74, 6) is 2.37. The van der Waals surface area contributed by atoms with E-state index in [1.54, 1.807) is 11.9 Å². The minimum Gasteiger partial charge on any atom is -0.393 e. The van der Waals surface area contributed by atoms with Gasteiger partial charge in [-0.1, -0.05) is 18.6 Å². The van der Waals surface area contributed by atoms with Gasteiger partial charge < -0.3 is 10.0 Å². The average Bonchev–Trinajstić information content (AvgIpc) is 3.23. The molecule has 2 atom stereocenters. The van der Waals surface area contributed by atoms with Crippen LogP contribution in [0.4, 0.5) is 0 Å². The fourth-order valence-electron chi connectivity index (χ4n) is 3.59. The molecular formula is C19H24N4O2. The summed E-state index contributed by atoms with van der Waals surface area (Å²) in [5, 5.41) is 17.2. The molecule has 2 aliphatic carbocycles. The molecule has 0 saturated heterocycles. The van der Waals surface area contributed by atoms with Gasteiger partial charge in [0.2, 0.25) is 0 Å². The Hall–Kier alpha value is -2.21. The van der Waals surface area contributed by atoms with E-state index in [0.29, 0.717) is 23.9 Å². The van der Waals surface area contributed by atoms with Crippen LogP contribution in [0.1, 0.15) is 54.2 Å². The van der Waals surface area contributed by atoms with E-state index in [0.717, 1.165) is 30.7 Å². The molecule has 1 aromatic carbocycles. The minimum atomic E-state index is -0.274. The van der Waals surface area contributed by atoms with Gasteiger partial charge in [0, 0.05) is 36.6 Å². The normalized spacial score (nSPS) is 23.0. The van der Waals surface area contributed by atoms with Crippen molar-refractivity contribution >= 4 is 5.91 Å². The summed E-state index contributed by atoms with van der Waals surface area (Å²) in [6, 6.07) is 7.44. The summed E-state index contributed by atoms with van der Waals surface area (Å²) in [6.45, 7) is 0.605. The molecule has 2 saturated carbocycles.